The van der Waals surface area contributed by atoms with Crippen LogP contribution in [0.25, 0.3) is 0 Å². The van der Waals surface area contributed by atoms with Crippen LogP contribution in [-0.4, -0.2) is 55.6 Å². The molecule has 4 heteroatoms. The zero-order valence-corrected chi connectivity index (χ0v) is 9.72. The summed E-state index contributed by atoms with van der Waals surface area (Å²) in [6, 6.07) is 5.16. The van der Waals surface area contributed by atoms with Gasteiger partial charge in [-0.2, -0.15) is 0 Å². The number of furan rings is 1. The van der Waals surface area contributed by atoms with Crippen LogP contribution in [0, 0.1) is 0 Å². The molecule has 16 heavy (non-hydrogen) atoms. The average Bonchev–Trinajstić information content (AvgIpc) is 2.81. The molecule has 1 aromatic heterocycles. The molecule has 1 aromatic rings. The van der Waals surface area contributed by atoms with Crippen LogP contribution < -0.4 is 5.32 Å². The van der Waals surface area contributed by atoms with E-state index in [-0.39, 0.29) is 0 Å². The number of nitrogens with zero attached hydrogens (tertiary/aromatic N) is 2. The molecule has 0 aliphatic carbocycles. The van der Waals surface area contributed by atoms with E-state index in [4.69, 9.17) is 4.42 Å². The molecule has 0 aromatic carbocycles. The van der Waals surface area contributed by atoms with E-state index < -0.39 is 0 Å². The molecule has 2 fully saturated rings. The van der Waals surface area contributed by atoms with Gasteiger partial charge in [-0.25, -0.2) is 0 Å². The minimum atomic E-state index is 0.421. The molecule has 0 saturated carbocycles. The van der Waals surface area contributed by atoms with Crippen LogP contribution in [0.15, 0.2) is 22.8 Å². The Kier molecular flexibility index (Phi) is 2.71. The first-order chi connectivity index (χ1) is 7.84. The summed E-state index contributed by atoms with van der Waals surface area (Å²) in [5.41, 5.74) is 0. The Morgan fingerprint density at radius 3 is 3.19 bits per heavy atom. The van der Waals surface area contributed by atoms with E-state index in [9.17, 15) is 0 Å². The van der Waals surface area contributed by atoms with Gasteiger partial charge in [0.2, 0.25) is 0 Å². The molecule has 2 atom stereocenters. The summed E-state index contributed by atoms with van der Waals surface area (Å²) in [5.74, 6) is 1.10. The maximum Gasteiger partial charge on any atom is 0.122 e. The molecule has 0 spiro atoms. The molecule has 1 N–H and O–H groups in total. The predicted octanol–water partition coefficient (Wildman–Crippen LogP) is 0.540. The third kappa shape index (κ3) is 1.77. The number of nitrogens with one attached hydrogen (secondary N) is 1. The lowest BCUT2D eigenvalue weighted by atomic mass is 10.0. The first-order valence-corrected chi connectivity index (χ1v) is 6.03. The van der Waals surface area contributed by atoms with Gasteiger partial charge in [0.15, 0.2) is 0 Å². The van der Waals surface area contributed by atoms with Crippen molar-refractivity contribution in [3.05, 3.63) is 24.2 Å². The molecule has 0 radical (unpaired) electrons. The summed E-state index contributed by atoms with van der Waals surface area (Å²) in [7, 11) is 2.19. The zero-order valence-electron chi connectivity index (χ0n) is 9.72. The Morgan fingerprint density at radius 1 is 1.44 bits per heavy atom. The van der Waals surface area contributed by atoms with Gasteiger partial charge in [0.25, 0.3) is 0 Å². The van der Waals surface area contributed by atoms with E-state index in [1.807, 2.05) is 6.07 Å². The Morgan fingerprint density at radius 2 is 2.38 bits per heavy atom. The lowest BCUT2D eigenvalue weighted by Gasteiger charge is -2.46. The first-order valence-electron chi connectivity index (χ1n) is 6.03. The van der Waals surface area contributed by atoms with Crippen molar-refractivity contribution in [3.63, 3.8) is 0 Å². The van der Waals surface area contributed by atoms with Crippen LogP contribution in [0.5, 0.6) is 0 Å². The molecule has 88 valence electrons. The van der Waals surface area contributed by atoms with E-state index in [2.05, 4.69) is 28.2 Å². The highest BCUT2D eigenvalue weighted by atomic mass is 16.3. The van der Waals surface area contributed by atoms with Gasteiger partial charge in [-0.1, -0.05) is 0 Å². The fourth-order valence-corrected chi connectivity index (χ4v) is 2.83. The SMILES string of the molecule is CN1CC2CNCCN2CC1c1ccco1. The zero-order chi connectivity index (χ0) is 11.0. The van der Waals surface area contributed by atoms with Crippen molar-refractivity contribution in [1.82, 2.24) is 15.1 Å². The standard InChI is InChI=1S/C12H19N3O/c1-14-8-10-7-13-4-5-15(10)9-11(14)12-3-2-6-16-12/h2-3,6,10-11,13H,4-5,7-9H2,1H3. The largest absolute Gasteiger partial charge is 0.468 e. The van der Waals surface area contributed by atoms with Crippen molar-refractivity contribution in [3.8, 4) is 0 Å². The Balaban J connectivity index is 1.76. The lowest BCUT2D eigenvalue weighted by molar-refractivity contribution is 0.0222. The minimum Gasteiger partial charge on any atom is -0.468 e. The number of fused-ring (bicyclic) bond motifs is 1. The molecule has 3 rings (SSSR count). The van der Waals surface area contributed by atoms with Crippen LogP contribution >= 0.6 is 0 Å². The third-order valence-electron chi connectivity index (χ3n) is 3.78. The summed E-state index contributed by atoms with van der Waals surface area (Å²) in [6.45, 7) is 5.62. The predicted molar refractivity (Wildman–Crippen MR) is 62.3 cm³/mol. The maximum atomic E-state index is 5.54. The second kappa shape index (κ2) is 4.20. The second-order valence-electron chi connectivity index (χ2n) is 4.82. The highest BCUT2D eigenvalue weighted by molar-refractivity contribution is 5.08. The summed E-state index contributed by atoms with van der Waals surface area (Å²) in [5, 5.41) is 3.46. The minimum absolute atomic E-state index is 0.421. The molecule has 2 aliphatic rings. The van der Waals surface area contributed by atoms with Gasteiger partial charge in [-0.15, -0.1) is 0 Å². The topological polar surface area (TPSA) is 31.6 Å². The monoisotopic (exact) mass is 221 g/mol. The van der Waals surface area contributed by atoms with Gasteiger partial charge >= 0.3 is 0 Å². The van der Waals surface area contributed by atoms with E-state index in [0.29, 0.717) is 12.1 Å². The highest BCUT2D eigenvalue weighted by Crippen LogP contribution is 2.27. The van der Waals surface area contributed by atoms with Gasteiger partial charge in [-0.3, -0.25) is 9.80 Å². The maximum absolute atomic E-state index is 5.54. The summed E-state index contributed by atoms with van der Waals surface area (Å²) >= 11 is 0. The fraction of sp³-hybridized carbons (Fsp3) is 0.667. The molecule has 4 nitrogen and oxygen atoms in total. The van der Waals surface area contributed by atoms with Crippen LogP contribution in [-0.2, 0) is 0 Å². The third-order valence-corrected chi connectivity index (χ3v) is 3.78. The smallest absolute Gasteiger partial charge is 0.122 e. The Labute approximate surface area is 96.2 Å². The molecular weight excluding hydrogens is 202 g/mol. The number of hydrogen-bond acceptors (Lipinski definition) is 4. The van der Waals surface area contributed by atoms with Crippen molar-refractivity contribution in [2.24, 2.45) is 0 Å². The fourth-order valence-electron chi connectivity index (χ4n) is 2.83. The Bertz CT molecular complexity index is 338. The average molecular weight is 221 g/mol. The van der Waals surface area contributed by atoms with Crippen molar-refractivity contribution in [1.29, 1.82) is 0 Å². The number of piperazine rings is 2. The lowest BCUT2D eigenvalue weighted by Crippen LogP contribution is -2.61. The quantitative estimate of drug-likeness (QED) is 0.750. The number of likely N-dealkylation sites (N-methyl/N-ethyl adjacent to an activating group) is 1. The van der Waals surface area contributed by atoms with E-state index >= 15 is 0 Å². The van der Waals surface area contributed by atoms with Crippen molar-refractivity contribution < 1.29 is 4.42 Å². The van der Waals surface area contributed by atoms with Gasteiger partial charge in [0, 0.05) is 38.8 Å². The van der Waals surface area contributed by atoms with Gasteiger partial charge in [-0.05, 0) is 19.2 Å². The summed E-state index contributed by atoms with van der Waals surface area (Å²) in [4.78, 5) is 5.00. The van der Waals surface area contributed by atoms with Gasteiger partial charge < -0.3 is 9.73 Å². The second-order valence-corrected chi connectivity index (χ2v) is 4.82. The van der Waals surface area contributed by atoms with Gasteiger partial charge in [0.05, 0.1) is 12.3 Å². The normalized spacial score (nSPS) is 32.6. The van der Waals surface area contributed by atoms with E-state index in [1.54, 1.807) is 6.26 Å². The van der Waals surface area contributed by atoms with Crippen molar-refractivity contribution in [2.45, 2.75) is 12.1 Å². The van der Waals surface area contributed by atoms with E-state index in [1.165, 1.54) is 0 Å². The molecule has 0 amide bonds. The highest BCUT2D eigenvalue weighted by Gasteiger charge is 2.34. The van der Waals surface area contributed by atoms with Crippen LogP contribution in [0.1, 0.15) is 11.8 Å². The molecule has 2 saturated heterocycles. The number of rotatable bonds is 1. The summed E-state index contributed by atoms with van der Waals surface area (Å²) < 4.78 is 5.54. The molecule has 2 aliphatic heterocycles. The van der Waals surface area contributed by atoms with Crippen LogP contribution in [0.3, 0.4) is 0 Å². The van der Waals surface area contributed by atoms with Crippen molar-refractivity contribution in [2.75, 3.05) is 39.8 Å². The molecule has 3 heterocycles. The van der Waals surface area contributed by atoms with Gasteiger partial charge in [0.1, 0.15) is 5.76 Å². The first kappa shape index (κ1) is 10.3. The summed E-state index contributed by atoms with van der Waals surface area (Å²) in [6.07, 6.45) is 1.77. The van der Waals surface area contributed by atoms with Crippen molar-refractivity contribution >= 4 is 0 Å². The van der Waals surface area contributed by atoms with Crippen LogP contribution in [0.4, 0.5) is 0 Å². The molecular formula is C12H19N3O. The number of hydrogen-bond donors (Lipinski definition) is 1. The Hall–Kier alpha value is -0.840. The molecule has 2 unspecified atom stereocenters. The van der Waals surface area contributed by atoms with E-state index in [0.717, 1.165) is 38.5 Å². The molecule has 0 bridgehead atoms. The van der Waals surface area contributed by atoms with Crippen LogP contribution in [0.2, 0.25) is 0 Å².